The molecule has 1 aliphatic heterocycles. The van der Waals surface area contributed by atoms with Crippen LogP contribution in [0.2, 0.25) is 5.02 Å². The number of benzene rings is 1. The predicted molar refractivity (Wildman–Crippen MR) is 83.0 cm³/mol. The highest BCUT2D eigenvalue weighted by Gasteiger charge is 2.33. The average molecular weight is 308 g/mol. The highest BCUT2D eigenvalue weighted by molar-refractivity contribution is 6.34. The first kappa shape index (κ1) is 14.5. The molecular formula is C15H18ClN3O2. The van der Waals surface area contributed by atoms with E-state index in [1.54, 1.807) is 29.1 Å². The Labute approximate surface area is 128 Å². The number of hydrogen-bond donors (Lipinski definition) is 0. The molecule has 2 heterocycles. The van der Waals surface area contributed by atoms with E-state index in [-0.39, 0.29) is 17.7 Å². The zero-order valence-electron chi connectivity index (χ0n) is 12.1. The van der Waals surface area contributed by atoms with E-state index < -0.39 is 0 Å². The number of nitrogens with zero attached hydrogens (tertiary/aromatic N) is 3. The second kappa shape index (κ2) is 5.75. The second-order valence-electron chi connectivity index (χ2n) is 5.38. The second-order valence-corrected chi connectivity index (χ2v) is 5.78. The Kier molecular flexibility index (Phi) is 3.97. The topological polar surface area (TPSA) is 47.4 Å². The van der Waals surface area contributed by atoms with Crippen molar-refractivity contribution in [2.24, 2.45) is 0 Å². The van der Waals surface area contributed by atoms with Crippen molar-refractivity contribution in [3.05, 3.63) is 39.9 Å². The number of rotatable bonds is 3. The number of aromatic nitrogens is 2. The molecule has 112 valence electrons. The molecule has 1 fully saturated rings. The Morgan fingerprint density at radius 2 is 2.24 bits per heavy atom. The number of halogens is 1. The van der Waals surface area contributed by atoms with E-state index in [2.05, 4.69) is 9.88 Å². The third kappa shape index (κ3) is 2.57. The summed E-state index contributed by atoms with van der Waals surface area (Å²) < 4.78 is 7.46. The van der Waals surface area contributed by atoms with Crippen LogP contribution in [-0.4, -0.2) is 47.3 Å². The maximum Gasteiger partial charge on any atom is 0.261 e. The van der Waals surface area contributed by atoms with E-state index in [1.165, 1.54) is 0 Å². The molecule has 0 unspecified atom stereocenters. The molecule has 0 radical (unpaired) electrons. The molecule has 5 nitrogen and oxygen atoms in total. The van der Waals surface area contributed by atoms with Gasteiger partial charge in [0.2, 0.25) is 0 Å². The van der Waals surface area contributed by atoms with Gasteiger partial charge in [-0.2, -0.15) is 0 Å². The number of para-hydroxylation sites is 1. The van der Waals surface area contributed by atoms with Gasteiger partial charge in [-0.1, -0.05) is 17.7 Å². The van der Waals surface area contributed by atoms with Crippen molar-refractivity contribution in [3.8, 4) is 0 Å². The van der Waals surface area contributed by atoms with Gasteiger partial charge >= 0.3 is 0 Å². The summed E-state index contributed by atoms with van der Waals surface area (Å²) in [6, 6.07) is 5.27. The molecule has 0 amide bonds. The molecule has 1 aromatic heterocycles. The van der Waals surface area contributed by atoms with Crippen LogP contribution in [0.1, 0.15) is 13.0 Å². The van der Waals surface area contributed by atoms with Crippen LogP contribution in [0.3, 0.4) is 0 Å². The fraction of sp³-hybridized carbons (Fsp3) is 0.467. The smallest absolute Gasteiger partial charge is 0.261 e. The summed E-state index contributed by atoms with van der Waals surface area (Å²) in [4.78, 5) is 19.2. The Morgan fingerprint density at radius 3 is 3.00 bits per heavy atom. The first-order valence-electron chi connectivity index (χ1n) is 7.07. The van der Waals surface area contributed by atoms with Crippen LogP contribution in [0.25, 0.3) is 10.9 Å². The van der Waals surface area contributed by atoms with E-state index in [4.69, 9.17) is 16.3 Å². The number of hydrogen-bond acceptors (Lipinski definition) is 4. The lowest BCUT2D eigenvalue weighted by atomic mass is 10.2. The Hall–Kier alpha value is -1.43. The van der Waals surface area contributed by atoms with Crippen molar-refractivity contribution in [1.82, 2.24) is 14.5 Å². The lowest BCUT2D eigenvalue weighted by Gasteiger charge is -2.20. The minimum Gasteiger partial charge on any atom is -0.375 e. The first-order valence-corrected chi connectivity index (χ1v) is 7.45. The van der Waals surface area contributed by atoms with Gasteiger partial charge in [0.1, 0.15) is 0 Å². The van der Waals surface area contributed by atoms with E-state index in [0.29, 0.717) is 22.5 Å². The summed E-state index contributed by atoms with van der Waals surface area (Å²) in [7, 11) is 2.03. The molecule has 1 saturated heterocycles. The summed E-state index contributed by atoms with van der Waals surface area (Å²) >= 11 is 6.10. The molecule has 0 spiro atoms. The average Bonchev–Trinajstić information content (AvgIpc) is 2.81. The predicted octanol–water partition coefficient (Wildman–Crippen LogP) is 1.94. The van der Waals surface area contributed by atoms with E-state index >= 15 is 0 Å². The quantitative estimate of drug-likeness (QED) is 0.869. The van der Waals surface area contributed by atoms with Gasteiger partial charge in [-0.3, -0.25) is 9.36 Å². The van der Waals surface area contributed by atoms with Crippen LogP contribution in [0.15, 0.2) is 29.3 Å². The Balaban J connectivity index is 2.08. The highest BCUT2D eigenvalue weighted by Crippen LogP contribution is 2.24. The summed E-state index contributed by atoms with van der Waals surface area (Å²) in [6.45, 7) is 4.20. The molecule has 0 bridgehead atoms. The van der Waals surface area contributed by atoms with Gasteiger partial charge in [-0.25, -0.2) is 4.98 Å². The van der Waals surface area contributed by atoms with Gasteiger partial charge in [-0.05, 0) is 26.1 Å². The van der Waals surface area contributed by atoms with Gasteiger partial charge in [0, 0.05) is 19.7 Å². The zero-order chi connectivity index (χ0) is 15.0. The molecular weight excluding hydrogens is 290 g/mol. The minimum absolute atomic E-state index is 0.0103. The van der Waals surface area contributed by atoms with Crippen LogP contribution in [0.5, 0.6) is 0 Å². The minimum atomic E-state index is -0.0625. The van der Waals surface area contributed by atoms with Crippen LogP contribution < -0.4 is 5.56 Å². The SMILES string of the molecule is CCO[C@H]1CN(C)C[C@@H]1n1cnc2c(Cl)cccc2c1=O. The molecule has 1 aliphatic rings. The molecule has 0 aliphatic carbocycles. The van der Waals surface area contributed by atoms with Gasteiger partial charge < -0.3 is 9.64 Å². The van der Waals surface area contributed by atoms with E-state index in [1.807, 2.05) is 14.0 Å². The number of fused-ring (bicyclic) bond motifs is 1. The highest BCUT2D eigenvalue weighted by atomic mass is 35.5. The molecule has 1 aromatic carbocycles. The molecule has 2 atom stereocenters. The fourth-order valence-electron chi connectivity index (χ4n) is 2.95. The van der Waals surface area contributed by atoms with Crippen LogP contribution in [0, 0.1) is 0 Å². The third-order valence-corrected chi connectivity index (χ3v) is 4.23. The van der Waals surface area contributed by atoms with Crippen LogP contribution >= 0.6 is 11.6 Å². The van der Waals surface area contributed by atoms with Crippen LogP contribution in [0.4, 0.5) is 0 Å². The van der Waals surface area contributed by atoms with Gasteiger partial charge in [-0.15, -0.1) is 0 Å². The summed E-state index contributed by atoms with van der Waals surface area (Å²) in [5.41, 5.74) is 0.493. The largest absolute Gasteiger partial charge is 0.375 e. The van der Waals surface area contributed by atoms with Gasteiger partial charge in [0.25, 0.3) is 5.56 Å². The zero-order valence-corrected chi connectivity index (χ0v) is 12.9. The lowest BCUT2D eigenvalue weighted by molar-refractivity contribution is 0.0459. The molecule has 21 heavy (non-hydrogen) atoms. The van der Waals surface area contributed by atoms with Gasteiger partial charge in [0.15, 0.2) is 0 Å². The van der Waals surface area contributed by atoms with E-state index in [9.17, 15) is 4.79 Å². The number of likely N-dealkylation sites (tertiary alicyclic amines) is 1. The third-order valence-electron chi connectivity index (χ3n) is 3.92. The van der Waals surface area contributed by atoms with Crippen molar-refractivity contribution < 1.29 is 4.74 Å². The Morgan fingerprint density at radius 1 is 1.43 bits per heavy atom. The lowest BCUT2D eigenvalue weighted by Crippen LogP contribution is -2.33. The number of likely N-dealkylation sites (N-methyl/N-ethyl adjacent to an activating group) is 1. The first-order chi connectivity index (χ1) is 10.1. The standard InChI is InChI=1S/C15H18ClN3O2/c1-3-21-13-8-18(2)7-12(13)19-9-17-14-10(15(19)20)5-4-6-11(14)16/h4-6,9,12-13H,3,7-8H2,1-2H3/t12-,13-/m0/s1. The molecule has 0 saturated carbocycles. The summed E-state index contributed by atoms with van der Waals surface area (Å²) in [5, 5.41) is 1.05. The van der Waals surface area contributed by atoms with Crippen molar-refractivity contribution in [3.63, 3.8) is 0 Å². The summed E-state index contributed by atoms with van der Waals surface area (Å²) in [6.07, 6.45) is 1.60. The van der Waals surface area contributed by atoms with Crippen molar-refractivity contribution >= 4 is 22.5 Å². The molecule has 6 heteroatoms. The molecule has 2 aromatic rings. The van der Waals surface area contributed by atoms with Gasteiger partial charge in [0.05, 0.1) is 34.4 Å². The van der Waals surface area contributed by atoms with Crippen molar-refractivity contribution in [1.29, 1.82) is 0 Å². The maximum atomic E-state index is 12.7. The van der Waals surface area contributed by atoms with Crippen molar-refractivity contribution in [2.45, 2.75) is 19.1 Å². The van der Waals surface area contributed by atoms with Crippen molar-refractivity contribution in [2.75, 3.05) is 26.7 Å². The molecule has 0 N–H and O–H groups in total. The molecule has 3 rings (SSSR count). The normalized spacial score (nSPS) is 23.0. The van der Waals surface area contributed by atoms with E-state index in [0.717, 1.165) is 13.1 Å². The monoisotopic (exact) mass is 307 g/mol. The summed E-state index contributed by atoms with van der Waals surface area (Å²) in [5.74, 6) is 0. The van der Waals surface area contributed by atoms with Crippen LogP contribution in [-0.2, 0) is 4.74 Å². The Bertz CT molecular complexity index is 716. The maximum absolute atomic E-state index is 12.7. The fourth-order valence-corrected chi connectivity index (χ4v) is 3.18. The number of ether oxygens (including phenoxy) is 1.